The summed E-state index contributed by atoms with van der Waals surface area (Å²) in [6.45, 7) is 0.577. The molecule has 2 heterocycles. The van der Waals surface area contributed by atoms with Gasteiger partial charge in [0.2, 0.25) is 0 Å². The number of hydrogen-bond acceptors (Lipinski definition) is 2. The number of aromatic nitrogens is 2. The highest BCUT2D eigenvalue weighted by Gasteiger charge is 2.10. The maximum Gasteiger partial charge on any atom is 0.269 e. The minimum absolute atomic E-state index is 0.131. The summed E-state index contributed by atoms with van der Waals surface area (Å²) in [6, 6.07) is 20.3. The van der Waals surface area contributed by atoms with Crippen molar-refractivity contribution in [2.24, 2.45) is 0 Å². The van der Waals surface area contributed by atoms with Crippen LogP contribution in [0.1, 0.15) is 22.5 Å². The summed E-state index contributed by atoms with van der Waals surface area (Å²) in [5, 5.41) is 2.94. The molecule has 0 aliphatic rings. The van der Waals surface area contributed by atoms with Crippen molar-refractivity contribution in [1.82, 2.24) is 14.7 Å². The van der Waals surface area contributed by atoms with Crippen LogP contribution in [-0.2, 0) is 6.42 Å². The molecule has 140 valence electrons. The quantitative estimate of drug-likeness (QED) is 0.506. The highest BCUT2D eigenvalue weighted by atomic mass is 19.1. The van der Waals surface area contributed by atoms with Crippen LogP contribution in [0, 0.1) is 5.82 Å². The fraction of sp³-hybridized carbons (Fsp3) is 0.130. The molecule has 0 saturated heterocycles. The average Bonchev–Trinajstić information content (AvgIpc) is 3.16. The first-order valence-electron chi connectivity index (χ1n) is 9.26. The molecule has 28 heavy (non-hydrogen) atoms. The fourth-order valence-corrected chi connectivity index (χ4v) is 3.23. The van der Waals surface area contributed by atoms with Crippen molar-refractivity contribution in [3.8, 4) is 11.1 Å². The van der Waals surface area contributed by atoms with Gasteiger partial charge < -0.3 is 5.32 Å². The van der Waals surface area contributed by atoms with Gasteiger partial charge in [-0.2, -0.15) is 0 Å². The van der Waals surface area contributed by atoms with E-state index in [0.29, 0.717) is 17.8 Å². The lowest BCUT2D eigenvalue weighted by Gasteiger charge is -2.07. The molecule has 0 aliphatic heterocycles. The molecule has 2 aromatic carbocycles. The molecule has 1 amide bonds. The van der Waals surface area contributed by atoms with Gasteiger partial charge in [-0.15, -0.1) is 0 Å². The predicted octanol–water partition coefficient (Wildman–Crippen LogP) is 4.50. The largest absolute Gasteiger partial charge is 0.351 e. The van der Waals surface area contributed by atoms with Gasteiger partial charge in [0.05, 0.1) is 6.20 Å². The van der Waals surface area contributed by atoms with E-state index in [4.69, 9.17) is 0 Å². The SMILES string of the molecule is O=C(NCCCc1ccc(-c2ccccc2F)cc1)c1cnc2ccccn12. The minimum atomic E-state index is -0.217. The van der Waals surface area contributed by atoms with Crippen molar-refractivity contribution >= 4 is 11.6 Å². The number of rotatable bonds is 6. The van der Waals surface area contributed by atoms with Gasteiger partial charge >= 0.3 is 0 Å². The van der Waals surface area contributed by atoms with Crippen molar-refractivity contribution in [3.63, 3.8) is 0 Å². The number of imidazole rings is 1. The lowest BCUT2D eigenvalue weighted by atomic mass is 10.0. The molecule has 0 bridgehead atoms. The molecule has 0 saturated carbocycles. The Kier molecular flexibility index (Phi) is 5.15. The number of pyridine rings is 1. The normalized spacial score (nSPS) is 10.9. The van der Waals surface area contributed by atoms with Crippen LogP contribution in [0.4, 0.5) is 4.39 Å². The third kappa shape index (κ3) is 3.78. The van der Waals surface area contributed by atoms with Crippen LogP contribution in [-0.4, -0.2) is 21.8 Å². The summed E-state index contributed by atoms with van der Waals surface area (Å²) in [4.78, 5) is 16.6. The molecule has 4 rings (SSSR count). The number of benzene rings is 2. The van der Waals surface area contributed by atoms with E-state index in [2.05, 4.69) is 10.3 Å². The van der Waals surface area contributed by atoms with Crippen molar-refractivity contribution in [1.29, 1.82) is 0 Å². The maximum atomic E-state index is 13.9. The van der Waals surface area contributed by atoms with E-state index in [9.17, 15) is 9.18 Å². The second kappa shape index (κ2) is 8.05. The van der Waals surface area contributed by atoms with E-state index in [1.807, 2.05) is 54.7 Å². The van der Waals surface area contributed by atoms with Crippen molar-refractivity contribution in [3.05, 3.63) is 96.2 Å². The zero-order valence-electron chi connectivity index (χ0n) is 15.3. The number of amides is 1. The second-order valence-corrected chi connectivity index (χ2v) is 6.61. The number of hydrogen-bond donors (Lipinski definition) is 1. The van der Waals surface area contributed by atoms with E-state index in [0.717, 1.165) is 29.6 Å². The Labute approximate surface area is 162 Å². The average molecular weight is 373 g/mol. The summed E-state index contributed by atoms with van der Waals surface area (Å²) in [6.07, 6.45) is 5.08. The minimum Gasteiger partial charge on any atom is -0.351 e. The Balaban J connectivity index is 1.31. The number of carbonyl (C=O) groups is 1. The van der Waals surface area contributed by atoms with Gasteiger partial charge in [0, 0.05) is 18.3 Å². The first kappa shape index (κ1) is 17.9. The topological polar surface area (TPSA) is 46.4 Å². The molecule has 0 atom stereocenters. The van der Waals surface area contributed by atoms with Crippen molar-refractivity contribution in [2.75, 3.05) is 6.54 Å². The van der Waals surface area contributed by atoms with Crippen LogP contribution in [0.15, 0.2) is 79.1 Å². The third-order valence-electron chi connectivity index (χ3n) is 4.72. The molecule has 1 N–H and O–H groups in total. The first-order valence-corrected chi connectivity index (χ1v) is 9.26. The molecule has 0 spiro atoms. The van der Waals surface area contributed by atoms with Crippen LogP contribution >= 0.6 is 0 Å². The summed E-state index contributed by atoms with van der Waals surface area (Å²) < 4.78 is 15.6. The number of fused-ring (bicyclic) bond motifs is 1. The van der Waals surface area contributed by atoms with Crippen molar-refractivity contribution in [2.45, 2.75) is 12.8 Å². The van der Waals surface area contributed by atoms with Crippen LogP contribution in [0.25, 0.3) is 16.8 Å². The Morgan fingerprint density at radius 1 is 1.00 bits per heavy atom. The van der Waals surface area contributed by atoms with Gasteiger partial charge in [-0.05, 0) is 42.2 Å². The molecule has 2 aromatic heterocycles. The number of nitrogens with zero attached hydrogens (tertiary/aromatic N) is 2. The number of carbonyl (C=O) groups excluding carboxylic acids is 1. The van der Waals surface area contributed by atoms with Gasteiger partial charge in [0.25, 0.3) is 5.91 Å². The number of halogens is 1. The lowest BCUT2D eigenvalue weighted by molar-refractivity contribution is 0.0947. The van der Waals surface area contributed by atoms with E-state index < -0.39 is 0 Å². The van der Waals surface area contributed by atoms with Crippen molar-refractivity contribution < 1.29 is 9.18 Å². The molecule has 0 radical (unpaired) electrons. The van der Waals surface area contributed by atoms with Gasteiger partial charge in [-0.3, -0.25) is 9.20 Å². The summed E-state index contributed by atoms with van der Waals surface area (Å²) in [5.74, 6) is -0.348. The van der Waals surface area contributed by atoms with Gasteiger partial charge in [0.15, 0.2) is 0 Å². The molecule has 0 aliphatic carbocycles. The third-order valence-corrected chi connectivity index (χ3v) is 4.72. The molecule has 0 fully saturated rings. The van der Waals surface area contributed by atoms with Gasteiger partial charge in [-0.1, -0.05) is 48.5 Å². The maximum absolute atomic E-state index is 13.9. The van der Waals surface area contributed by atoms with E-state index in [-0.39, 0.29) is 11.7 Å². The van der Waals surface area contributed by atoms with Crippen LogP contribution in [0.2, 0.25) is 0 Å². The van der Waals surface area contributed by atoms with E-state index >= 15 is 0 Å². The molecular weight excluding hydrogens is 353 g/mol. The summed E-state index contributed by atoms with van der Waals surface area (Å²) >= 11 is 0. The monoisotopic (exact) mass is 373 g/mol. The predicted molar refractivity (Wildman–Crippen MR) is 108 cm³/mol. The van der Waals surface area contributed by atoms with Crippen LogP contribution < -0.4 is 5.32 Å². The summed E-state index contributed by atoms with van der Waals surface area (Å²) in [7, 11) is 0. The first-order chi connectivity index (χ1) is 13.7. The molecule has 0 unspecified atom stereocenters. The van der Waals surface area contributed by atoms with E-state index in [1.165, 1.54) is 6.07 Å². The molecule has 4 aromatic rings. The highest BCUT2D eigenvalue weighted by molar-refractivity contribution is 5.93. The van der Waals surface area contributed by atoms with Gasteiger partial charge in [-0.25, -0.2) is 9.37 Å². The molecule has 4 nitrogen and oxygen atoms in total. The van der Waals surface area contributed by atoms with Gasteiger partial charge in [0.1, 0.15) is 17.2 Å². The lowest BCUT2D eigenvalue weighted by Crippen LogP contribution is -2.25. The Morgan fingerprint density at radius 3 is 2.61 bits per heavy atom. The summed E-state index contributed by atoms with van der Waals surface area (Å²) in [5.41, 5.74) is 3.91. The highest BCUT2D eigenvalue weighted by Crippen LogP contribution is 2.23. The smallest absolute Gasteiger partial charge is 0.269 e. The molecule has 5 heteroatoms. The Hall–Kier alpha value is -3.47. The Bertz CT molecular complexity index is 1100. The number of nitrogens with one attached hydrogen (secondary N) is 1. The molecular formula is C23H20FN3O. The number of aryl methyl sites for hydroxylation is 1. The van der Waals surface area contributed by atoms with Crippen LogP contribution in [0.3, 0.4) is 0 Å². The van der Waals surface area contributed by atoms with E-state index in [1.54, 1.807) is 22.7 Å². The zero-order valence-corrected chi connectivity index (χ0v) is 15.3. The standard InChI is InChI=1S/C23H20FN3O/c24-20-8-2-1-7-19(20)18-12-10-17(11-13-18)6-5-14-25-23(28)21-16-26-22-9-3-4-15-27(21)22/h1-4,7-13,15-16H,5-6,14H2,(H,25,28). The fourth-order valence-electron chi connectivity index (χ4n) is 3.23. The zero-order chi connectivity index (χ0) is 19.3. The Morgan fingerprint density at radius 2 is 1.79 bits per heavy atom. The van der Waals surface area contributed by atoms with Crippen LogP contribution in [0.5, 0.6) is 0 Å². The second-order valence-electron chi connectivity index (χ2n) is 6.61.